The summed E-state index contributed by atoms with van der Waals surface area (Å²) in [7, 11) is -3.50. The topological polar surface area (TPSA) is 118 Å². The van der Waals surface area contributed by atoms with Crippen molar-refractivity contribution in [3.63, 3.8) is 0 Å². The zero-order valence-corrected chi connectivity index (χ0v) is 15.0. The minimum absolute atomic E-state index is 0.0663. The molecular weight excluding hydrogens is 354 g/mol. The Morgan fingerprint density at radius 2 is 2.04 bits per heavy atom. The number of hydrogen-bond donors (Lipinski definition) is 2. The van der Waals surface area contributed by atoms with Crippen LogP contribution in [0.1, 0.15) is 38.5 Å². The quantitative estimate of drug-likeness (QED) is 0.558. The highest BCUT2D eigenvalue weighted by atomic mass is 32.2. The summed E-state index contributed by atoms with van der Waals surface area (Å²) in [5.41, 5.74) is -0.284. The van der Waals surface area contributed by atoms with Crippen molar-refractivity contribution >= 4 is 37.8 Å². The number of sulfone groups is 1. The largest absolute Gasteiger partial charge is 0.371 e. The number of nitrogens with one attached hydrogen (secondary N) is 2. The van der Waals surface area contributed by atoms with Crippen LogP contribution in [0.3, 0.4) is 0 Å². The summed E-state index contributed by atoms with van der Waals surface area (Å²) in [4.78, 5) is 22.3. The van der Waals surface area contributed by atoms with Crippen LogP contribution < -0.4 is 10.6 Å². The van der Waals surface area contributed by atoms with E-state index in [0.29, 0.717) is 0 Å². The number of rotatable bonds is 7. The SMILES string of the molecule is CS(=O)(=O)c1cc([N+](=O)[O-])c(NCCC(=O)NC2CCCCC2)s1. The Kier molecular flexibility index (Phi) is 6.16. The van der Waals surface area contributed by atoms with E-state index in [0.717, 1.165) is 49.3 Å². The second kappa shape index (κ2) is 7.93. The van der Waals surface area contributed by atoms with E-state index in [1.54, 1.807) is 0 Å². The molecule has 1 fully saturated rings. The van der Waals surface area contributed by atoms with Crippen LogP contribution in [0.25, 0.3) is 0 Å². The Morgan fingerprint density at radius 1 is 1.38 bits per heavy atom. The van der Waals surface area contributed by atoms with Crippen LogP contribution in [0.4, 0.5) is 10.7 Å². The molecule has 1 aromatic rings. The minimum Gasteiger partial charge on any atom is -0.371 e. The van der Waals surface area contributed by atoms with Gasteiger partial charge in [0, 0.05) is 31.3 Å². The average Bonchev–Trinajstić information content (AvgIpc) is 2.93. The van der Waals surface area contributed by atoms with E-state index in [-0.39, 0.29) is 39.8 Å². The molecule has 1 saturated carbocycles. The van der Waals surface area contributed by atoms with Gasteiger partial charge in [-0.25, -0.2) is 8.42 Å². The smallest absolute Gasteiger partial charge is 0.304 e. The normalized spacial score (nSPS) is 15.9. The Balaban J connectivity index is 1.90. The number of nitro groups is 1. The van der Waals surface area contributed by atoms with Crippen LogP contribution in [-0.4, -0.2) is 38.1 Å². The zero-order chi connectivity index (χ0) is 17.7. The molecule has 1 amide bonds. The first-order chi connectivity index (χ1) is 11.3. The molecule has 0 aromatic carbocycles. The van der Waals surface area contributed by atoms with Crippen molar-refractivity contribution in [2.75, 3.05) is 18.1 Å². The zero-order valence-electron chi connectivity index (χ0n) is 13.4. The predicted octanol–water partition coefficient (Wildman–Crippen LogP) is 2.31. The molecule has 1 aromatic heterocycles. The Bertz CT molecular complexity index is 708. The third-order valence-corrected chi connectivity index (χ3v) is 6.74. The van der Waals surface area contributed by atoms with Gasteiger partial charge in [0.05, 0.1) is 4.92 Å². The molecule has 0 atom stereocenters. The van der Waals surface area contributed by atoms with Crippen LogP contribution in [0.5, 0.6) is 0 Å². The van der Waals surface area contributed by atoms with E-state index in [1.807, 2.05) is 0 Å². The molecule has 24 heavy (non-hydrogen) atoms. The Labute approximate surface area is 144 Å². The molecule has 0 saturated heterocycles. The maximum Gasteiger partial charge on any atom is 0.304 e. The molecule has 134 valence electrons. The maximum atomic E-state index is 11.9. The molecule has 10 heteroatoms. The van der Waals surface area contributed by atoms with Crippen LogP contribution >= 0.6 is 11.3 Å². The maximum absolute atomic E-state index is 11.9. The van der Waals surface area contributed by atoms with Crippen LogP contribution in [0, 0.1) is 10.1 Å². The van der Waals surface area contributed by atoms with Crippen molar-refractivity contribution in [2.45, 2.75) is 48.8 Å². The van der Waals surface area contributed by atoms with Gasteiger partial charge in [-0.15, -0.1) is 0 Å². The van der Waals surface area contributed by atoms with Gasteiger partial charge in [-0.2, -0.15) is 0 Å². The van der Waals surface area contributed by atoms with E-state index in [1.165, 1.54) is 6.42 Å². The highest BCUT2D eigenvalue weighted by molar-refractivity contribution is 7.92. The molecule has 1 aliphatic rings. The van der Waals surface area contributed by atoms with E-state index in [9.17, 15) is 23.3 Å². The lowest BCUT2D eigenvalue weighted by Crippen LogP contribution is -2.36. The first kappa shape index (κ1) is 18.7. The summed E-state index contributed by atoms with van der Waals surface area (Å²) in [5.74, 6) is -0.100. The highest BCUT2D eigenvalue weighted by Gasteiger charge is 2.23. The predicted molar refractivity (Wildman–Crippen MR) is 92.2 cm³/mol. The number of anilines is 1. The van der Waals surface area contributed by atoms with Crippen molar-refractivity contribution < 1.29 is 18.1 Å². The van der Waals surface area contributed by atoms with Crippen molar-refractivity contribution in [3.8, 4) is 0 Å². The molecule has 0 spiro atoms. The molecule has 0 bridgehead atoms. The third kappa shape index (κ3) is 5.17. The van der Waals surface area contributed by atoms with Crippen LogP contribution in [-0.2, 0) is 14.6 Å². The lowest BCUT2D eigenvalue weighted by molar-refractivity contribution is -0.383. The van der Waals surface area contributed by atoms with E-state index < -0.39 is 14.8 Å². The fourth-order valence-corrected chi connectivity index (χ4v) is 4.61. The summed E-state index contributed by atoms with van der Waals surface area (Å²) in [6.45, 7) is 0.211. The molecular formula is C14H21N3O5S2. The molecule has 0 unspecified atom stereocenters. The van der Waals surface area contributed by atoms with E-state index in [4.69, 9.17) is 0 Å². The lowest BCUT2D eigenvalue weighted by Gasteiger charge is -2.22. The summed E-state index contributed by atoms with van der Waals surface area (Å²) in [5, 5.41) is 17.0. The van der Waals surface area contributed by atoms with Crippen molar-refractivity contribution in [2.24, 2.45) is 0 Å². The van der Waals surface area contributed by atoms with Crippen molar-refractivity contribution in [1.29, 1.82) is 0 Å². The van der Waals surface area contributed by atoms with Gasteiger partial charge in [0.15, 0.2) is 14.8 Å². The molecule has 2 N–H and O–H groups in total. The van der Waals surface area contributed by atoms with Gasteiger partial charge in [-0.05, 0) is 12.8 Å². The summed E-state index contributed by atoms with van der Waals surface area (Å²) in [6, 6.07) is 1.27. The van der Waals surface area contributed by atoms with Crippen LogP contribution in [0.2, 0.25) is 0 Å². The molecule has 1 aliphatic carbocycles. The molecule has 1 heterocycles. The van der Waals surface area contributed by atoms with Crippen molar-refractivity contribution in [3.05, 3.63) is 16.2 Å². The Hall–Kier alpha value is -1.68. The summed E-state index contributed by atoms with van der Waals surface area (Å²) < 4.78 is 23.0. The van der Waals surface area contributed by atoms with Gasteiger partial charge >= 0.3 is 5.69 Å². The first-order valence-electron chi connectivity index (χ1n) is 7.79. The summed E-state index contributed by atoms with van der Waals surface area (Å²) in [6.07, 6.45) is 6.63. The van der Waals surface area contributed by atoms with Crippen LogP contribution in [0.15, 0.2) is 10.3 Å². The van der Waals surface area contributed by atoms with Gasteiger partial charge < -0.3 is 10.6 Å². The third-order valence-electron chi connectivity index (χ3n) is 3.86. The average molecular weight is 375 g/mol. The van der Waals surface area contributed by atoms with Gasteiger partial charge in [0.25, 0.3) is 0 Å². The number of carbonyl (C=O) groups is 1. The van der Waals surface area contributed by atoms with E-state index in [2.05, 4.69) is 10.6 Å². The van der Waals surface area contributed by atoms with Gasteiger partial charge in [-0.1, -0.05) is 30.6 Å². The summed E-state index contributed by atoms with van der Waals surface area (Å²) >= 11 is 0.810. The highest BCUT2D eigenvalue weighted by Crippen LogP contribution is 2.36. The van der Waals surface area contributed by atoms with Gasteiger partial charge in [0.1, 0.15) is 4.21 Å². The lowest BCUT2D eigenvalue weighted by atomic mass is 9.95. The van der Waals surface area contributed by atoms with Gasteiger partial charge in [-0.3, -0.25) is 14.9 Å². The number of carbonyl (C=O) groups excluding carboxylic acids is 1. The van der Waals surface area contributed by atoms with E-state index >= 15 is 0 Å². The first-order valence-corrected chi connectivity index (χ1v) is 10.5. The monoisotopic (exact) mass is 375 g/mol. The standard InChI is InChI=1S/C14H21N3O5S2/c1-24(21,22)13-9-11(17(19)20)14(23-13)15-8-7-12(18)16-10-5-3-2-4-6-10/h9-10,15H,2-8H2,1H3,(H,16,18). The molecule has 0 aliphatic heterocycles. The second-order valence-corrected chi connectivity index (χ2v) is 9.18. The molecule has 2 rings (SSSR count). The molecule has 8 nitrogen and oxygen atoms in total. The molecule has 0 radical (unpaired) electrons. The second-order valence-electron chi connectivity index (χ2n) is 5.89. The van der Waals surface area contributed by atoms with Crippen molar-refractivity contribution in [1.82, 2.24) is 5.32 Å². The number of hydrogen-bond acceptors (Lipinski definition) is 7. The fourth-order valence-electron chi connectivity index (χ4n) is 2.64. The Morgan fingerprint density at radius 3 is 2.62 bits per heavy atom. The number of nitrogens with zero attached hydrogens (tertiary/aromatic N) is 1. The number of amides is 1. The fraction of sp³-hybridized carbons (Fsp3) is 0.643. The van der Waals surface area contributed by atoms with Gasteiger partial charge in [0.2, 0.25) is 5.91 Å². The number of thiophene rings is 1. The minimum atomic E-state index is -3.50.